The van der Waals surface area contributed by atoms with E-state index in [9.17, 15) is 4.79 Å². The predicted octanol–water partition coefficient (Wildman–Crippen LogP) is 6.35. The van der Waals surface area contributed by atoms with E-state index in [1.54, 1.807) is 6.08 Å². The van der Waals surface area contributed by atoms with Crippen molar-refractivity contribution >= 4 is 5.97 Å². The minimum Gasteiger partial charge on any atom is -0.490 e. The summed E-state index contributed by atoms with van der Waals surface area (Å²) in [6, 6.07) is 3.80. The number of carbonyl (C=O) groups excluding carboxylic acids is 1. The molecule has 0 radical (unpaired) electrons. The van der Waals surface area contributed by atoms with Gasteiger partial charge in [0.1, 0.15) is 18.5 Å². The molecule has 170 valence electrons. The number of ether oxygens (including phenoxy) is 3. The molecule has 0 heterocycles. The third kappa shape index (κ3) is 6.46. The Balaban J connectivity index is 1.47. The number of aryl methyl sites for hydroxylation is 2. The number of carbonyl (C=O) groups is 1. The lowest BCUT2D eigenvalue weighted by molar-refractivity contribution is 0.000803. The normalized spacial score (nSPS) is 26.1. The minimum atomic E-state index is -0.200. The lowest BCUT2D eigenvalue weighted by atomic mass is 9.72. The molecule has 2 aliphatic carbocycles. The van der Waals surface area contributed by atoms with Gasteiger partial charge in [-0.2, -0.15) is 0 Å². The van der Waals surface area contributed by atoms with E-state index in [1.165, 1.54) is 25.7 Å². The van der Waals surface area contributed by atoms with Crippen molar-refractivity contribution in [2.45, 2.75) is 77.4 Å². The van der Waals surface area contributed by atoms with Crippen LogP contribution in [0, 0.1) is 25.7 Å². The van der Waals surface area contributed by atoms with Crippen LogP contribution in [0.2, 0.25) is 0 Å². The highest BCUT2D eigenvalue weighted by Gasteiger charge is 2.32. The maximum Gasteiger partial charge on any atom is 0.338 e. The van der Waals surface area contributed by atoms with Crippen LogP contribution in [0.1, 0.15) is 72.9 Å². The van der Waals surface area contributed by atoms with Crippen LogP contribution in [0.15, 0.2) is 37.4 Å². The molecule has 0 saturated heterocycles. The van der Waals surface area contributed by atoms with Crippen molar-refractivity contribution in [2.24, 2.45) is 11.8 Å². The van der Waals surface area contributed by atoms with Gasteiger partial charge in [-0.3, -0.25) is 0 Å². The van der Waals surface area contributed by atoms with Gasteiger partial charge in [-0.15, -0.1) is 6.58 Å². The summed E-state index contributed by atoms with van der Waals surface area (Å²) in [4.78, 5) is 12.9. The zero-order valence-corrected chi connectivity index (χ0v) is 19.2. The molecule has 2 aliphatic rings. The lowest BCUT2D eigenvalue weighted by Gasteiger charge is -2.37. The van der Waals surface area contributed by atoms with Gasteiger partial charge in [-0.1, -0.05) is 18.7 Å². The molecule has 31 heavy (non-hydrogen) atoms. The van der Waals surface area contributed by atoms with Crippen LogP contribution in [-0.2, 0) is 9.47 Å². The molecule has 0 bridgehead atoms. The van der Waals surface area contributed by atoms with Crippen molar-refractivity contribution in [3.63, 3.8) is 0 Å². The Morgan fingerprint density at radius 2 is 1.39 bits per heavy atom. The summed E-state index contributed by atoms with van der Waals surface area (Å²) in [5, 5.41) is 0. The van der Waals surface area contributed by atoms with Crippen molar-refractivity contribution in [1.82, 2.24) is 0 Å². The number of rotatable bonds is 9. The first-order valence-corrected chi connectivity index (χ1v) is 11.8. The number of esters is 1. The Bertz CT molecular complexity index is 729. The number of hydrogen-bond donors (Lipinski definition) is 0. The van der Waals surface area contributed by atoms with E-state index < -0.39 is 0 Å². The van der Waals surface area contributed by atoms with Crippen LogP contribution in [0.5, 0.6) is 5.75 Å². The molecule has 1 aromatic rings. The maximum atomic E-state index is 12.9. The van der Waals surface area contributed by atoms with E-state index >= 15 is 0 Å². The van der Waals surface area contributed by atoms with Gasteiger partial charge in [-0.25, -0.2) is 4.79 Å². The average molecular weight is 427 g/mol. The van der Waals surface area contributed by atoms with E-state index in [0.717, 1.165) is 54.4 Å². The number of hydrogen-bond acceptors (Lipinski definition) is 4. The Kier molecular flexibility index (Phi) is 8.77. The zero-order chi connectivity index (χ0) is 22.2. The highest BCUT2D eigenvalue weighted by Crippen LogP contribution is 2.39. The summed E-state index contributed by atoms with van der Waals surface area (Å²) in [5.74, 6) is 2.12. The van der Waals surface area contributed by atoms with Gasteiger partial charge in [0, 0.05) is 0 Å². The molecule has 0 aromatic heterocycles. The first-order chi connectivity index (χ1) is 15.0. The molecule has 0 N–H and O–H groups in total. The fourth-order valence-electron chi connectivity index (χ4n) is 5.30. The molecule has 0 amide bonds. The fourth-order valence-corrected chi connectivity index (χ4v) is 5.30. The third-order valence-corrected chi connectivity index (χ3v) is 6.91. The molecule has 2 saturated carbocycles. The molecule has 1 aromatic carbocycles. The second-order valence-electron chi connectivity index (χ2n) is 9.13. The van der Waals surface area contributed by atoms with Crippen LogP contribution in [0.3, 0.4) is 0 Å². The van der Waals surface area contributed by atoms with E-state index in [-0.39, 0.29) is 12.1 Å². The molecule has 0 aliphatic heterocycles. The van der Waals surface area contributed by atoms with Crippen LogP contribution < -0.4 is 4.74 Å². The first-order valence-electron chi connectivity index (χ1n) is 11.8. The minimum absolute atomic E-state index is 0.0338. The number of benzene rings is 1. The Morgan fingerprint density at radius 1 is 0.871 bits per heavy atom. The van der Waals surface area contributed by atoms with Gasteiger partial charge in [0.2, 0.25) is 0 Å². The highest BCUT2D eigenvalue weighted by atomic mass is 16.5. The van der Waals surface area contributed by atoms with E-state index in [1.807, 2.05) is 32.1 Å². The topological polar surface area (TPSA) is 44.8 Å². The molecule has 0 atom stereocenters. The van der Waals surface area contributed by atoms with E-state index in [4.69, 9.17) is 14.2 Å². The van der Waals surface area contributed by atoms with Crippen molar-refractivity contribution in [3.05, 3.63) is 54.1 Å². The molecule has 4 heteroatoms. The van der Waals surface area contributed by atoms with E-state index in [0.29, 0.717) is 24.9 Å². The largest absolute Gasteiger partial charge is 0.490 e. The van der Waals surface area contributed by atoms with Crippen LogP contribution in [0.25, 0.3) is 0 Å². The molecule has 4 nitrogen and oxygen atoms in total. The van der Waals surface area contributed by atoms with Gasteiger partial charge in [0.05, 0.1) is 18.3 Å². The molecule has 0 unspecified atom stereocenters. The molecular weight excluding hydrogens is 388 g/mol. The van der Waals surface area contributed by atoms with Crippen LogP contribution in [-0.4, -0.2) is 31.4 Å². The Labute approximate surface area is 187 Å². The molecular formula is C27H38O4. The predicted molar refractivity (Wildman–Crippen MR) is 125 cm³/mol. The van der Waals surface area contributed by atoms with Crippen molar-refractivity contribution < 1.29 is 19.0 Å². The fraction of sp³-hybridized carbons (Fsp3) is 0.593. The van der Waals surface area contributed by atoms with Gasteiger partial charge in [0.25, 0.3) is 0 Å². The molecule has 3 rings (SSSR count). The van der Waals surface area contributed by atoms with Gasteiger partial charge in [0.15, 0.2) is 0 Å². The zero-order valence-electron chi connectivity index (χ0n) is 19.2. The van der Waals surface area contributed by atoms with Crippen molar-refractivity contribution in [1.29, 1.82) is 0 Å². The summed E-state index contributed by atoms with van der Waals surface area (Å²) >= 11 is 0. The van der Waals surface area contributed by atoms with Crippen molar-refractivity contribution in [2.75, 3.05) is 13.2 Å². The lowest BCUT2D eigenvalue weighted by Crippen LogP contribution is -2.31. The Morgan fingerprint density at radius 3 is 1.90 bits per heavy atom. The summed E-state index contributed by atoms with van der Waals surface area (Å²) in [6.07, 6.45) is 13.1. The summed E-state index contributed by atoms with van der Waals surface area (Å²) in [6.45, 7) is 12.4. The van der Waals surface area contributed by atoms with Gasteiger partial charge in [-0.05, 0) is 100 Å². The standard InChI is InChI=1S/C27H38O4/c1-5-15-29-23-11-7-21(8-12-23)22-9-13-24(14-10-22)31-27(28)26-19(3)17-25(18-20(26)4)30-16-6-2/h5-6,17-18,21-24H,1-2,7-16H2,3-4H3. The maximum absolute atomic E-state index is 12.9. The smallest absolute Gasteiger partial charge is 0.338 e. The molecule has 2 fully saturated rings. The van der Waals surface area contributed by atoms with E-state index in [2.05, 4.69) is 13.2 Å². The second-order valence-corrected chi connectivity index (χ2v) is 9.13. The highest BCUT2D eigenvalue weighted by molar-refractivity contribution is 5.93. The Hall–Kier alpha value is -2.07. The SMILES string of the molecule is C=CCOc1cc(C)c(C(=O)OC2CCC(C3CCC(OCC=C)CC3)CC2)c(C)c1. The average Bonchev–Trinajstić information content (AvgIpc) is 2.76. The summed E-state index contributed by atoms with van der Waals surface area (Å²) in [7, 11) is 0. The first kappa shape index (κ1) is 23.6. The monoisotopic (exact) mass is 426 g/mol. The van der Waals surface area contributed by atoms with Crippen molar-refractivity contribution in [3.8, 4) is 5.75 Å². The quantitative estimate of drug-likeness (QED) is 0.341. The van der Waals surface area contributed by atoms with Gasteiger partial charge < -0.3 is 14.2 Å². The van der Waals surface area contributed by atoms with Crippen LogP contribution in [0.4, 0.5) is 0 Å². The third-order valence-electron chi connectivity index (χ3n) is 6.91. The molecule has 0 spiro atoms. The summed E-state index contributed by atoms with van der Waals surface area (Å²) < 4.78 is 17.4. The van der Waals surface area contributed by atoms with Crippen LogP contribution >= 0.6 is 0 Å². The van der Waals surface area contributed by atoms with Gasteiger partial charge >= 0.3 is 5.97 Å². The summed E-state index contributed by atoms with van der Waals surface area (Å²) in [5.41, 5.74) is 2.47. The second kappa shape index (κ2) is 11.5.